The highest BCUT2D eigenvalue weighted by atomic mass is 32.2. The predicted octanol–water partition coefficient (Wildman–Crippen LogP) is 2.43. The van der Waals surface area contributed by atoms with Gasteiger partial charge in [-0.25, -0.2) is 9.59 Å². The third-order valence-corrected chi connectivity index (χ3v) is 4.75. The fraction of sp³-hybridized carbons (Fsp3) is 0.818. The summed E-state index contributed by atoms with van der Waals surface area (Å²) in [4.78, 5) is 48.7. The molecule has 0 aliphatic heterocycles. The van der Waals surface area contributed by atoms with Gasteiger partial charge >= 0.3 is 18.0 Å². The Balaban J connectivity index is 5.12. The van der Waals surface area contributed by atoms with Crippen molar-refractivity contribution in [1.82, 2.24) is 10.6 Å². The van der Waals surface area contributed by atoms with Crippen molar-refractivity contribution in [2.24, 2.45) is 0 Å². The van der Waals surface area contributed by atoms with Crippen LogP contribution >= 0.6 is 11.8 Å². The van der Waals surface area contributed by atoms with E-state index in [0.29, 0.717) is 18.6 Å². The highest BCUT2D eigenvalue weighted by Gasteiger charge is 2.30. The van der Waals surface area contributed by atoms with E-state index in [9.17, 15) is 19.2 Å². The SMILES string of the molecule is CCCC(=O)OCCSC[C@@H](NC(=O)OC(C)(C)C)C(=O)N[C@@H](COC(C)(C)C)C(=O)OC. The van der Waals surface area contributed by atoms with E-state index in [2.05, 4.69) is 10.6 Å². The second-order valence-electron chi connectivity index (χ2n) is 9.25. The third kappa shape index (κ3) is 16.3. The highest BCUT2D eigenvalue weighted by molar-refractivity contribution is 7.99. The summed E-state index contributed by atoms with van der Waals surface area (Å²) in [7, 11) is 1.21. The molecule has 0 aromatic rings. The lowest BCUT2D eigenvalue weighted by molar-refractivity contribution is -0.148. The number of methoxy groups -OCH3 is 1. The van der Waals surface area contributed by atoms with Crippen LogP contribution in [0.15, 0.2) is 0 Å². The average Bonchev–Trinajstić information content (AvgIpc) is 2.67. The van der Waals surface area contributed by atoms with Gasteiger partial charge in [0, 0.05) is 17.9 Å². The molecule has 33 heavy (non-hydrogen) atoms. The summed E-state index contributed by atoms with van der Waals surface area (Å²) < 4.78 is 20.7. The number of hydrogen-bond donors (Lipinski definition) is 2. The number of nitrogens with one attached hydrogen (secondary N) is 2. The van der Waals surface area contributed by atoms with Crippen LogP contribution in [-0.4, -0.2) is 79.1 Å². The molecule has 0 radical (unpaired) electrons. The minimum absolute atomic E-state index is 0.0956. The van der Waals surface area contributed by atoms with Crippen molar-refractivity contribution in [2.45, 2.75) is 84.6 Å². The van der Waals surface area contributed by atoms with Gasteiger partial charge in [-0.15, -0.1) is 0 Å². The van der Waals surface area contributed by atoms with Crippen LogP contribution in [0.25, 0.3) is 0 Å². The lowest BCUT2D eigenvalue weighted by atomic mass is 10.2. The Labute approximate surface area is 201 Å². The number of amides is 2. The molecule has 0 aromatic carbocycles. The molecule has 2 N–H and O–H groups in total. The molecule has 192 valence electrons. The number of carbonyl (C=O) groups is 4. The standard InChI is InChI=1S/C22H40N2O8S/c1-9-10-17(25)30-11-12-33-14-16(24-20(28)32-22(5,6)7)18(26)23-15(19(27)29-8)13-31-21(2,3)4/h15-16H,9-14H2,1-8H3,(H,23,26)(H,24,28)/t15-,16+/m0/s1. The summed E-state index contributed by atoms with van der Waals surface area (Å²) >= 11 is 1.31. The van der Waals surface area contributed by atoms with Crippen molar-refractivity contribution in [3.05, 3.63) is 0 Å². The molecular weight excluding hydrogens is 452 g/mol. The number of alkyl carbamates (subject to hydrolysis) is 1. The number of carbonyl (C=O) groups excluding carboxylic acids is 4. The van der Waals surface area contributed by atoms with E-state index >= 15 is 0 Å². The Morgan fingerprint density at radius 2 is 1.58 bits per heavy atom. The van der Waals surface area contributed by atoms with Crippen molar-refractivity contribution < 1.29 is 38.1 Å². The van der Waals surface area contributed by atoms with E-state index < -0.39 is 41.3 Å². The van der Waals surface area contributed by atoms with Crippen LogP contribution in [0.5, 0.6) is 0 Å². The Bertz CT molecular complexity index is 643. The summed E-state index contributed by atoms with van der Waals surface area (Å²) in [5, 5.41) is 5.11. The summed E-state index contributed by atoms with van der Waals surface area (Å²) in [6, 6.07) is -2.05. The van der Waals surface area contributed by atoms with Gasteiger partial charge in [-0.3, -0.25) is 9.59 Å². The fourth-order valence-corrected chi connectivity index (χ4v) is 3.08. The van der Waals surface area contributed by atoms with Gasteiger partial charge in [0.1, 0.15) is 18.2 Å². The smallest absolute Gasteiger partial charge is 0.408 e. The third-order valence-electron chi connectivity index (χ3n) is 3.72. The molecule has 11 heteroatoms. The molecule has 0 aliphatic carbocycles. The molecule has 10 nitrogen and oxygen atoms in total. The van der Waals surface area contributed by atoms with Gasteiger partial charge in [0.25, 0.3) is 0 Å². The van der Waals surface area contributed by atoms with Crippen LogP contribution < -0.4 is 10.6 Å². The number of esters is 2. The van der Waals surface area contributed by atoms with Gasteiger partial charge in [0.2, 0.25) is 5.91 Å². The monoisotopic (exact) mass is 492 g/mol. The zero-order valence-corrected chi connectivity index (χ0v) is 21.9. The van der Waals surface area contributed by atoms with Crippen molar-refractivity contribution in [3.63, 3.8) is 0 Å². The van der Waals surface area contributed by atoms with Crippen LogP contribution in [0.1, 0.15) is 61.3 Å². The summed E-state index contributed by atoms with van der Waals surface area (Å²) in [5.41, 5.74) is -1.28. The normalized spacial score (nSPS) is 13.5. The molecule has 2 atom stereocenters. The quantitative estimate of drug-likeness (QED) is 0.226. The molecule has 0 aromatic heterocycles. The number of thioether (sulfide) groups is 1. The maximum absolute atomic E-state index is 12.9. The Morgan fingerprint density at radius 1 is 0.939 bits per heavy atom. The van der Waals surface area contributed by atoms with Gasteiger partial charge in [-0.2, -0.15) is 11.8 Å². The van der Waals surface area contributed by atoms with E-state index in [1.54, 1.807) is 20.8 Å². The highest BCUT2D eigenvalue weighted by Crippen LogP contribution is 2.11. The fourth-order valence-electron chi connectivity index (χ4n) is 2.24. The molecule has 0 saturated heterocycles. The molecule has 2 amide bonds. The van der Waals surface area contributed by atoms with E-state index in [-0.39, 0.29) is 24.9 Å². The first-order chi connectivity index (χ1) is 15.2. The van der Waals surface area contributed by atoms with Gasteiger partial charge in [0.05, 0.1) is 19.3 Å². The molecule has 0 rings (SSSR count). The van der Waals surface area contributed by atoms with Crippen LogP contribution in [0.3, 0.4) is 0 Å². The minimum Gasteiger partial charge on any atom is -0.467 e. The maximum Gasteiger partial charge on any atom is 0.408 e. The molecule has 0 bridgehead atoms. The van der Waals surface area contributed by atoms with E-state index in [0.717, 1.165) is 0 Å². The second kappa shape index (κ2) is 15.0. The molecule has 0 saturated carbocycles. The first kappa shape index (κ1) is 31.0. The van der Waals surface area contributed by atoms with Crippen LogP contribution in [-0.2, 0) is 33.3 Å². The van der Waals surface area contributed by atoms with Crippen LogP contribution in [0.4, 0.5) is 4.79 Å². The van der Waals surface area contributed by atoms with Gasteiger partial charge in [0.15, 0.2) is 6.04 Å². The van der Waals surface area contributed by atoms with Gasteiger partial charge in [-0.1, -0.05) is 6.92 Å². The van der Waals surface area contributed by atoms with Gasteiger partial charge in [-0.05, 0) is 48.0 Å². The maximum atomic E-state index is 12.9. The number of rotatable bonds is 13. The van der Waals surface area contributed by atoms with Crippen molar-refractivity contribution in [1.29, 1.82) is 0 Å². The molecule has 0 aliphatic rings. The molecule has 0 spiro atoms. The van der Waals surface area contributed by atoms with E-state index in [4.69, 9.17) is 18.9 Å². The van der Waals surface area contributed by atoms with E-state index in [1.807, 2.05) is 27.7 Å². The van der Waals surface area contributed by atoms with Crippen molar-refractivity contribution in [2.75, 3.05) is 31.8 Å². The number of hydrogen-bond acceptors (Lipinski definition) is 9. The second-order valence-corrected chi connectivity index (χ2v) is 10.4. The molecule has 0 heterocycles. The molecular formula is C22H40N2O8S. The minimum atomic E-state index is -1.05. The van der Waals surface area contributed by atoms with Crippen molar-refractivity contribution in [3.8, 4) is 0 Å². The topological polar surface area (TPSA) is 129 Å². The lowest BCUT2D eigenvalue weighted by Crippen LogP contribution is -2.55. The van der Waals surface area contributed by atoms with E-state index in [1.165, 1.54) is 18.9 Å². The zero-order valence-electron chi connectivity index (χ0n) is 21.1. The largest absolute Gasteiger partial charge is 0.467 e. The summed E-state index contributed by atoms with van der Waals surface area (Å²) in [6.07, 6.45) is 0.286. The summed E-state index contributed by atoms with van der Waals surface area (Å²) in [5.74, 6) is -0.935. The zero-order chi connectivity index (χ0) is 25.7. The Morgan fingerprint density at radius 3 is 2.09 bits per heavy atom. The summed E-state index contributed by atoms with van der Waals surface area (Å²) in [6.45, 7) is 12.6. The Kier molecular flexibility index (Phi) is 14.1. The first-order valence-corrected chi connectivity index (χ1v) is 12.1. The molecule has 0 fully saturated rings. The van der Waals surface area contributed by atoms with Crippen LogP contribution in [0.2, 0.25) is 0 Å². The number of ether oxygens (including phenoxy) is 4. The Hall–Kier alpha value is -2.01. The van der Waals surface area contributed by atoms with Crippen LogP contribution in [0, 0.1) is 0 Å². The van der Waals surface area contributed by atoms with Gasteiger partial charge < -0.3 is 29.6 Å². The average molecular weight is 493 g/mol. The van der Waals surface area contributed by atoms with Crippen molar-refractivity contribution >= 4 is 35.7 Å². The molecule has 0 unspecified atom stereocenters. The lowest BCUT2D eigenvalue weighted by Gasteiger charge is -2.26. The first-order valence-electron chi connectivity index (χ1n) is 10.9. The predicted molar refractivity (Wildman–Crippen MR) is 126 cm³/mol.